The molecule has 0 aliphatic carbocycles. The van der Waals surface area contributed by atoms with E-state index in [2.05, 4.69) is 26.1 Å². The van der Waals surface area contributed by atoms with Crippen LogP contribution in [-0.4, -0.2) is 28.9 Å². The maximum absolute atomic E-state index is 11.5. The molecule has 4 heteroatoms. The van der Waals surface area contributed by atoms with E-state index in [1.54, 1.807) is 0 Å². The van der Waals surface area contributed by atoms with E-state index in [1.807, 2.05) is 4.90 Å². The lowest BCUT2D eigenvalue weighted by Gasteiger charge is -2.20. The third kappa shape index (κ3) is 5.58. The molecule has 1 amide bonds. The Hall–Kier alpha value is -0.640. The predicted molar refractivity (Wildman–Crippen MR) is 58.6 cm³/mol. The molecule has 0 spiro atoms. The lowest BCUT2D eigenvalue weighted by Crippen LogP contribution is -2.34. The summed E-state index contributed by atoms with van der Waals surface area (Å²) in [4.78, 5) is 13.6. The minimum atomic E-state index is 0.0520. The normalized spacial score (nSPS) is 9.69. The minimum absolute atomic E-state index is 0.0520. The lowest BCUT2D eigenvalue weighted by molar-refractivity contribution is -0.129. The SMILES string of the molecule is CCCN(CCC)C(=O)CC(N)=S. The van der Waals surface area contributed by atoms with Crippen LogP contribution in [0.4, 0.5) is 0 Å². The molecule has 0 aromatic heterocycles. The van der Waals surface area contributed by atoms with Crippen molar-refractivity contribution >= 4 is 23.1 Å². The highest BCUT2D eigenvalue weighted by Crippen LogP contribution is 1.98. The van der Waals surface area contributed by atoms with Crippen molar-refractivity contribution in [2.75, 3.05) is 13.1 Å². The summed E-state index contributed by atoms with van der Waals surface area (Å²) in [7, 11) is 0. The first kappa shape index (κ1) is 12.4. The molecule has 3 nitrogen and oxygen atoms in total. The second-order valence-electron chi connectivity index (χ2n) is 3.02. The summed E-state index contributed by atoms with van der Waals surface area (Å²) in [6.45, 7) is 5.71. The number of hydrogen-bond acceptors (Lipinski definition) is 2. The summed E-state index contributed by atoms with van der Waals surface area (Å²) >= 11 is 4.69. The van der Waals surface area contributed by atoms with E-state index < -0.39 is 0 Å². The number of nitrogens with zero attached hydrogens (tertiary/aromatic N) is 1. The largest absolute Gasteiger partial charge is 0.393 e. The van der Waals surface area contributed by atoms with Gasteiger partial charge in [-0.25, -0.2) is 0 Å². The van der Waals surface area contributed by atoms with Crippen molar-refractivity contribution in [3.05, 3.63) is 0 Å². The summed E-state index contributed by atoms with van der Waals surface area (Å²) < 4.78 is 0. The number of rotatable bonds is 6. The van der Waals surface area contributed by atoms with Gasteiger partial charge in [0.1, 0.15) is 0 Å². The van der Waals surface area contributed by atoms with Gasteiger partial charge in [-0.1, -0.05) is 26.1 Å². The Balaban J connectivity index is 4.02. The maximum Gasteiger partial charge on any atom is 0.229 e. The molecule has 76 valence electrons. The van der Waals surface area contributed by atoms with Crippen molar-refractivity contribution in [2.24, 2.45) is 5.73 Å². The van der Waals surface area contributed by atoms with E-state index in [0.717, 1.165) is 25.9 Å². The highest BCUT2D eigenvalue weighted by atomic mass is 32.1. The number of thiocarbonyl (C=S) groups is 1. The van der Waals surface area contributed by atoms with Crippen molar-refractivity contribution in [1.29, 1.82) is 0 Å². The van der Waals surface area contributed by atoms with Crippen LogP contribution < -0.4 is 5.73 Å². The number of carbonyl (C=O) groups excluding carboxylic acids is 1. The van der Waals surface area contributed by atoms with Gasteiger partial charge in [0, 0.05) is 13.1 Å². The number of nitrogens with two attached hydrogens (primary N) is 1. The summed E-state index contributed by atoms with van der Waals surface area (Å²) in [5, 5.41) is 0. The van der Waals surface area contributed by atoms with Crippen LogP contribution in [-0.2, 0) is 4.79 Å². The smallest absolute Gasteiger partial charge is 0.229 e. The zero-order valence-corrected chi connectivity index (χ0v) is 9.19. The van der Waals surface area contributed by atoms with Gasteiger partial charge in [-0.05, 0) is 12.8 Å². The van der Waals surface area contributed by atoms with E-state index in [4.69, 9.17) is 5.73 Å². The van der Waals surface area contributed by atoms with Crippen LogP contribution in [0.2, 0.25) is 0 Å². The van der Waals surface area contributed by atoms with Crippen molar-refractivity contribution in [2.45, 2.75) is 33.1 Å². The topological polar surface area (TPSA) is 46.3 Å². The zero-order valence-electron chi connectivity index (χ0n) is 8.38. The van der Waals surface area contributed by atoms with Crippen LogP contribution in [0.25, 0.3) is 0 Å². The van der Waals surface area contributed by atoms with Crippen LogP contribution in [0.1, 0.15) is 33.1 Å². The zero-order chi connectivity index (χ0) is 10.3. The summed E-state index contributed by atoms with van der Waals surface area (Å²) in [5.41, 5.74) is 5.31. The highest BCUT2D eigenvalue weighted by molar-refractivity contribution is 7.80. The van der Waals surface area contributed by atoms with E-state index in [1.165, 1.54) is 0 Å². The Morgan fingerprint density at radius 1 is 1.31 bits per heavy atom. The van der Waals surface area contributed by atoms with Crippen molar-refractivity contribution in [1.82, 2.24) is 4.90 Å². The number of amides is 1. The Bertz CT molecular complexity index is 176. The Morgan fingerprint density at radius 3 is 2.08 bits per heavy atom. The van der Waals surface area contributed by atoms with Gasteiger partial charge in [0.2, 0.25) is 5.91 Å². The fourth-order valence-corrected chi connectivity index (χ4v) is 1.29. The molecule has 0 aliphatic rings. The fraction of sp³-hybridized carbons (Fsp3) is 0.778. The quantitative estimate of drug-likeness (QED) is 0.661. The van der Waals surface area contributed by atoms with Crippen molar-refractivity contribution in [3.8, 4) is 0 Å². The molecule has 0 rings (SSSR count). The number of carbonyl (C=O) groups is 1. The molecule has 0 fully saturated rings. The molecule has 0 bridgehead atoms. The van der Waals surface area contributed by atoms with E-state index in [0.29, 0.717) is 0 Å². The molecule has 0 saturated heterocycles. The van der Waals surface area contributed by atoms with Crippen LogP contribution in [0.5, 0.6) is 0 Å². The van der Waals surface area contributed by atoms with Crippen LogP contribution in [0.15, 0.2) is 0 Å². The molecule has 0 aromatic rings. The Labute approximate surface area is 85.3 Å². The number of hydrogen-bond donors (Lipinski definition) is 1. The van der Waals surface area contributed by atoms with Gasteiger partial charge in [-0.15, -0.1) is 0 Å². The molecule has 13 heavy (non-hydrogen) atoms. The first-order chi connectivity index (χ1) is 6.11. The first-order valence-corrected chi connectivity index (χ1v) is 5.08. The Morgan fingerprint density at radius 2 is 1.77 bits per heavy atom. The van der Waals surface area contributed by atoms with Gasteiger partial charge in [-0.3, -0.25) is 4.79 Å². The first-order valence-electron chi connectivity index (χ1n) is 4.67. The minimum Gasteiger partial charge on any atom is -0.393 e. The second-order valence-corrected chi connectivity index (χ2v) is 3.55. The molecule has 0 atom stereocenters. The molecule has 0 unspecified atom stereocenters. The van der Waals surface area contributed by atoms with Gasteiger partial charge < -0.3 is 10.6 Å². The highest BCUT2D eigenvalue weighted by Gasteiger charge is 2.11. The van der Waals surface area contributed by atoms with Gasteiger partial charge in [-0.2, -0.15) is 0 Å². The third-order valence-electron chi connectivity index (χ3n) is 1.67. The van der Waals surface area contributed by atoms with Crippen molar-refractivity contribution < 1.29 is 4.79 Å². The maximum atomic E-state index is 11.5. The van der Waals surface area contributed by atoms with Gasteiger partial charge >= 0.3 is 0 Å². The second kappa shape index (κ2) is 6.83. The summed E-state index contributed by atoms with van der Waals surface area (Å²) in [5.74, 6) is 0.0520. The molecule has 0 aromatic carbocycles. The van der Waals surface area contributed by atoms with Gasteiger partial charge in [0.05, 0.1) is 11.4 Å². The summed E-state index contributed by atoms with van der Waals surface area (Å²) in [6, 6.07) is 0. The molecule has 0 aliphatic heterocycles. The predicted octanol–water partition coefficient (Wildman–Crippen LogP) is 1.31. The third-order valence-corrected chi connectivity index (χ3v) is 1.81. The average molecular weight is 202 g/mol. The van der Waals surface area contributed by atoms with Crippen molar-refractivity contribution in [3.63, 3.8) is 0 Å². The van der Waals surface area contributed by atoms with Crippen LogP contribution in [0, 0.1) is 0 Å². The lowest BCUT2D eigenvalue weighted by atomic mass is 10.3. The molecule has 0 radical (unpaired) electrons. The summed E-state index contributed by atoms with van der Waals surface area (Å²) in [6.07, 6.45) is 2.15. The fourth-order valence-electron chi connectivity index (χ4n) is 1.16. The Kier molecular flexibility index (Phi) is 6.49. The van der Waals surface area contributed by atoms with Gasteiger partial charge in [0.25, 0.3) is 0 Å². The average Bonchev–Trinajstić information content (AvgIpc) is 2.02. The van der Waals surface area contributed by atoms with E-state index in [9.17, 15) is 4.79 Å². The van der Waals surface area contributed by atoms with E-state index in [-0.39, 0.29) is 17.3 Å². The molecule has 2 N–H and O–H groups in total. The molecular formula is C9H18N2OS. The molecular weight excluding hydrogens is 184 g/mol. The van der Waals surface area contributed by atoms with Gasteiger partial charge in [0.15, 0.2) is 0 Å². The van der Waals surface area contributed by atoms with Crippen LogP contribution >= 0.6 is 12.2 Å². The molecule has 0 heterocycles. The monoisotopic (exact) mass is 202 g/mol. The standard InChI is InChI=1S/C9H18N2OS/c1-3-5-11(6-4-2)9(12)7-8(10)13/h3-7H2,1-2H3,(H2,10,13). The van der Waals surface area contributed by atoms with E-state index >= 15 is 0 Å². The molecule has 0 saturated carbocycles. The van der Waals surface area contributed by atoms with Crippen LogP contribution in [0.3, 0.4) is 0 Å².